The number of halogens is 2. The lowest BCUT2D eigenvalue weighted by Crippen LogP contribution is -2.32. The van der Waals surface area contributed by atoms with E-state index in [-0.39, 0.29) is 0 Å². The summed E-state index contributed by atoms with van der Waals surface area (Å²) in [5.74, 6) is 1.23. The van der Waals surface area contributed by atoms with Gasteiger partial charge in [-0.2, -0.15) is 0 Å². The molecule has 2 aromatic carbocycles. The van der Waals surface area contributed by atoms with Gasteiger partial charge in [0, 0.05) is 10.6 Å². The highest BCUT2D eigenvalue weighted by molar-refractivity contribution is 7.98. The molecule has 110 valence electrons. The molecule has 0 bridgehead atoms. The molecule has 2 N–H and O–H groups in total. The van der Waals surface area contributed by atoms with E-state index in [1.165, 1.54) is 11.8 Å². The van der Waals surface area contributed by atoms with Gasteiger partial charge in [-0.1, -0.05) is 29.3 Å². The van der Waals surface area contributed by atoms with E-state index < -0.39 is 7.12 Å². The third kappa shape index (κ3) is 4.31. The van der Waals surface area contributed by atoms with Crippen LogP contribution in [0.25, 0.3) is 0 Å². The Hall–Kier alpha value is -0.845. The first-order valence-electron chi connectivity index (χ1n) is 6.12. The van der Waals surface area contributed by atoms with Crippen molar-refractivity contribution in [2.75, 3.05) is 7.11 Å². The molecule has 0 aromatic heterocycles. The molecule has 0 saturated carbocycles. The van der Waals surface area contributed by atoms with Crippen LogP contribution in [0.4, 0.5) is 0 Å². The lowest BCUT2D eigenvalue weighted by Gasteiger charge is -2.11. The number of thioether (sulfide) groups is 1. The Labute approximate surface area is 138 Å². The zero-order valence-corrected chi connectivity index (χ0v) is 13.5. The second-order valence-corrected chi connectivity index (χ2v) is 6.17. The van der Waals surface area contributed by atoms with Gasteiger partial charge in [0.2, 0.25) is 0 Å². The minimum atomic E-state index is -1.51. The van der Waals surface area contributed by atoms with Crippen molar-refractivity contribution in [3.8, 4) is 5.75 Å². The summed E-state index contributed by atoms with van der Waals surface area (Å²) in [6.07, 6.45) is 0. The summed E-state index contributed by atoms with van der Waals surface area (Å²) in [5, 5.41) is 19.8. The number of benzene rings is 2. The molecular formula is C14H13BCl2O3S. The van der Waals surface area contributed by atoms with Gasteiger partial charge < -0.3 is 14.8 Å². The van der Waals surface area contributed by atoms with Gasteiger partial charge >= 0.3 is 7.12 Å². The summed E-state index contributed by atoms with van der Waals surface area (Å²) < 4.78 is 5.17. The molecule has 0 heterocycles. The average Bonchev–Trinajstić information content (AvgIpc) is 2.48. The second-order valence-electron chi connectivity index (χ2n) is 4.30. The molecule has 0 fully saturated rings. The van der Waals surface area contributed by atoms with Crippen molar-refractivity contribution in [2.24, 2.45) is 0 Å². The normalized spacial score (nSPS) is 10.5. The highest BCUT2D eigenvalue weighted by atomic mass is 35.5. The van der Waals surface area contributed by atoms with Gasteiger partial charge in [0.25, 0.3) is 0 Å². The van der Waals surface area contributed by atoms with Crippen molar-refractivity contribution in [2.45, 2.75) is 10.6 Å². The van der Waals surface area contributed by atoms with E-state index in [1.807, 2.05) is 6.07 Å². The van der Waals surface area contributed by atoms with Gasteiger partial charge in [0.15, 0.2) is 0 Å². The maximum Gasteiger partial charge on any atom is 0.488 e. The molecule has 0 saturated heterocycles. The molecule has 21 heavy (non-hydrogen) atoms. The Morgan fingerprint density at radius 1 is 1.10 bits per heavy atom. The molecule has 0 aliphatic heterocycles. The molecule has 0 spiro atoms. The molecule has 0 amide bonds. The quantitative estimate of drug-likeness (QED) is 0.648. The van der Waals surface area contributed by atoms with E-state index in [0.717, 1.165) is 10.5 Å². The number of hydrogen-bond donors (Lipinski definition) is 2. The summed E-state index contributed by atoms with van der Waals surface area (Å²) in [5.41, 5.74) is 1.25. The van der Waals surface area contributed by atoms with Crippen LogP contribution in [-0.2, 0) is 5.75 Å². The van der Waals surface area contributed by atoms with E-state index in [0.29, 0.717) is 27.0 Å². The van der Waals surface area contributed by atoms with Crippen LogP contribution in [0.5, 0.6) is 5.75 Å². The summed E-state index contributed by atoms with van der Waals surface area (Å²) in [4.78, 5) is 0.950. The third-order valence-corrected chi connectivity index (χ3v) is 4.70. The van der Waals surface area contributed by atoms with Crippen LogP contribution in [0, 0.1) is 0 Å². The van der Waals surface area contributed by atoms with Crippen molar-refractivity contribution >= 4 is 47.5 Å². The fourth-order valence-corrected chi connectivity index (χ4v) is 3.11. The highest BCUT2D eigenvalue weighted by Gasteiger charge is 2.16. The smallest absolute Gasteiger partial charge is 0.488 e. The Balaban J connectivity index is 2.19. The number of ether oxygens (including phenoxy) is 1. The van der Waals surface area contributed by atoms with E-state index in [2.05, 4.69) is 0 Å². The van der Waals surface area contributed by atoms with Crippen LogP contribution in [0.1, 0.15) is 5.56 Å². The van der Waals surface area contributed by atoms with E-state index in [1.54, 1.807) is 37.4 Å². The van der Waals surface area contributed by atoms with E-state index >= 15 is 0 Å². The van der Waals surface area contributed by atoms with Gasteiger partial charge in [0.1, 0.15) is 5.75 Å². The molecule has 0 unspecified atom stereocenters. The molecule has 3 nitrogen and oxygen atoms in total. The Bertz CT molecular complexity index is 638. The Kier molecular flexibility index (Phi) is 5.84. The minimum Gasteiger partial charge on any atom is -0.497 e. The third-order valence-electron chi connectivity index (χ3n) is 2.91. The molecule has 0 aliphatic rings. The first kappa shape index (κ1) is 16.5. The molecule has 0 atom stereocenters. The van der Waals surface area contributed by atoms with Gasteiger partial charge in [0.05, 0.1) is 17.2 Å². The van der Waals surface area contributed by atoms with Crippen LogP contribution in [0.3, 0.4) is 0 Å². The number of rotatable bonds is 5. The van der Waals surface area contributed by atoms with E-state index in [9.17, 15) is 10.0 Å². The number of hydrogen-bond acceptors (Lipinski definition) is 4. The van der Waals surface area contributed by atoms with Gasteiger partial charge in [-0.15, -0.1) is 11.8 Å². The first-order chi connectivity index (χ1) is 10.0. The molecule has 2 rings (SSSR count). The topological polar surface area (TPSA) is 49.7 Å². The highest BCUT2D eigenvalue weighted by Crippen LogP contribution is 2.30. The van der Waals surface area contributed by atoms with Crippen molar-refractivity contribution in [1.29, 1.82) is 0 Å². The molecule has 0 radical (unpaired) electrons. The summed E-state index contributed by atoms with van der Waals surface area (Å²) in [6, 6.07) is 10.5. The first-order valence-corrected chi connectivity index (χ1v) is 7.86. The van der Waals surface area contributed by atoms with Gasteiger partial charge in [-0.05, 0) is 41.4 Å². The SMILES string of the molecule is COc1ccc(B(O)O)c(CSc2ccc(Cl)c(Cl)c2)c1. The minimum absolute atomic E-state index is 0.461. The van der Waals surface area contributed by atoms with Crippen LogP contribution >= 0.6 is 35.0 Å². The maximum atomic E-state index is 9.41. The lowest BCUT2D eigenvalue weighted by molar-refractivity contribution is 0.413. The van der Waals surface area contributed by atoms with Crippen LogP contribution in [0.15, 0.2) is 41.3 Å². The average molecular weight is 343 g/mol. The zero-order chi connectivity index (χ0) is 15.4. The fraction of sp³-hybridized carbons (Fsp3) is 0.143. The van der Waals surface area contributed by atoms with Gasteiger partial charge in [-0.3, -0.25) is 0 Å². The molecule has 2 aromatic rings. The Morgan fingerprint density at radius 3 is 2.48 bits per heavy atom. The van der Waals surface area contributed by atoms with Crippen molar-refractivity contribution in [3.05, 3.63) is 52.0 Å². The summed E-state index contributed by atoms with van der Waals surface area (Å²) in [6.45, 7) is 0. The zero-order valence-electron chi connectivity index (χ0n) is 11.2. The predicted octanol–water partition coefficient (Wildman–Crippen LogP) is 2.97. The van der Waals surface area contributed by atoms with Crippen LogP contribution in [0.2, 0.25) is 10.0 Å². The van der Waals surface area contributed by atoms with E-state index in [4.69, 9.17) is 27.9 Å². The Morgan fingerprint density at radius 2 is 1.86 bits per heavy atom. The fourth-order valence-electron chi connectivity index (χ4n) is 1.81. The molecular weight excluding hydrogens is 330 g/mol. The van der Waals surface area contributed by atoms with Crippen LogP contribution < -0.4 is 10.2 Å². The van der Waals surface area contributed by atoms with Crippen molar-refractivity contribution in [1.82, 2.24) is 0 Å². The monoisotopic (exact) mass is 342 g/mol. The lowest BCUT2D eigenvalue weighted by atomic mass is 9.77. The molecule has 7 heteroatoms. The van der Waals surface area contributed by atoms with Crippen molar-refractivity contribution < 1.29 is 14.8 Å². The standard InChI is InChI=1S/C14H13BCl2O3S/c1-20-10-2-4-12(15(18)19)9(6-10)8-21-11-3-5-13(16)14(17)7-11/h2-7,18-19H,8H2,1H3. The summed E-state index contributed by atoms with van der Waals surface area (Å²) >= 11 is 13.4. The largest absolute Gasteiger partial charge is 0.497 e. The predicted molar refractivity (Wildman–Crippen MR) is 88.8 cm³/mol. The second kappa shape index (κ2) is 7.43. The van der Waals surface area contributed by atoms with Gasteiger partial charge in [-0.25, -0.2) is 0 Å². The summed E-state index contributed by atoms with van der Waals surface area (Å²) in [7, 11) is 0.0561. The molecule has 0 aliphatic carbocycles. The van der Waals surface area contributed by atoms with Crippen molar-refractivity contribution in [3.63, 3.8) is 0 Å². The van der Waals surface area contributed by atoms with Crippen LogP contribution in [-0.4, -0.2) is 24.3 Å². The number of methoxy groups -OCH3 is 1. The maximum absolute atomic E-state index is 9.41.